The molecule has 0 saturated carbocycles. The summed E-state index contributed by atoms with van der Waals surface area (Å²) >= 11 is 0. The number of nitrogens with zero attached hydrogens (tertiary/aromatic N) is 1. The largest absolute Gasteiger partial charge is 0.469 e. The van der Waals surface area contributed by atoms with Crippen LogP contribution < -0.4 is 0 Å². The maximum Gasteiger partial charge on any atom is 0.308 e. The van der Waals surface area contributed by atoms with Gasteiger partial charge in [0.1, 0.15) is 0 Å². The highest BCUT2D eigenvalue weighted by Crippen LogP contribution is 2.25. The molecule has 18 heavy (non-hydrogen) atoms. The van der Waals surface area contributed by atoms with Gasteiger partial charge in [0.05, 0.1) is 13.0 Å². The van der Waals surface area contributed by atoms with E-state index in [-0.39, 0.29) is 11.9 Å². The monoisotopic (exact) mass is 247 g/mol. The summed E-state index contributed by atoms with van der Waals surface area (Å²) in [5.41, 5.74) is 1.33. The Morgan fingerprint density at radius 3 is 2.72 bits per heavy atom. The Hall–Kier alpha value is -1.35. The zero-order valence-electron chi connectivity index (χ0n) is 11.1. The Kier molecular flexibility index (Phi) is 4.37. The summed E-state index contributed by atoms with van der Waals surface area (Å²) in [6.45, 7) is 4.13. The second-order valence-electron chi connectivity index (χ2n) is 5.05. The Labute approximate surface area is 109 Å². The molecule has 0 radical (unpaired) electrons. The summed E-state index contributed by atoms with van der Waals surface area (Å²) in [5.74, 6) is 0.0261. The van der Waals surface area contributed by atoms with Crippen molar-refractivity contribution >= 4 is 5.97 Å². The Bertz CT molecular complexity index is 391. The van der Waals surface area contributed by atoms with E-state index in [9.17, 15) is 4.79 Å². The van der Waals surface area contributed by atoms with Crippen LogP contribution in [-0.4, -0.2) is 30.6 Å². The van der Waals surface area contributed by atoms with Gasteiger partial charge in [-0.25, -0.2) is 0 Å². The molecular weight excluding hydrogens is 226 g/mol. The molecule has 0 aromatic heterocycles. The van der Waals surface area contributed by atoms with Crippen LogP contribution in [0.1, 0.15) is 25.3 Å². The molecule has 0 spiro atoms. The van der Waals surface area contributed by atoms with Crippen molar-refractivity contribution in [1.29, 1.82) is 0 Å². The first-order valence-electron chi connectivity index (χ1n) is 6.56. The van der Waals surface area contributed by atoms with E-state index in [0.29, 0.717) is 6.04 Å². The average Bonchev–Trinajstić information content (AvgIpc) is 2.41. The fourth-order valence-electron chi connectivity index (χ4n) is 2.65. The fraction of sp³-hybridized carbons (Fsp3) is 0.533. The molecule has 0 bridgehead atoms. The quantitative estimate of drug-likeness (QED) is 0.768. The number of benzene rings is 1. The van der Waals surface area contributed by atoms with Gasteiger partial charge in [-0.05, 0) is 31.9 Å². The van der Waals surface area contributed by atoms with Crippen LogP contribution in [0.4, 0.5) is 0 Å². The van der Waals surface area contributed by atoms with Crippen molar-refractivity contribution in [2.45, 2.75) is 32.4 Å². The average molecular weight is 247 g/mol. The predicted molar refractivity (Wildman–Crippen MR) is 71.1 cm³/mol. The van der Waals surface area contributed by atoms with Gasteiger partial charge in [0.25, 0.3) is 0 Å². The lowest BCUT2D eigenvalue weighted by molar-refractivity contribution is -0.147. The van der Waals surface area contributed by atoms with Crippen molar-refractivity contribution in [3.05, 3.63) is 35.9 Å². The van der Waals surface area contributed by atoms with E-state index in [2.05, 4.69) is 36.1 Å². The summed E-state index contributed by atoms with van der Waals surface area (Å²) in [5, 5.41) is 0. The van der Waals surface area contributed by atoms with Crippen molar-refractivity contribution < 1.29 is 9.53 Å². The van der Waals surface area contributed by atoms with Crippen LogP contribution >= 0.6 is 0 Å². The van der Waals surface area contributed by atoms with Crippen LogP contribution in [-0.2, 0) is 16.1 Å². The summed E-state index contributed by atoms with van der Waals surface area (Å²) in [6, 6.07) is 10.9. The smallest absolute Gasteiger partial charge is 0.308 e. The molecule has 0 aliphatic carbocycles. The molecule has 0 amide bonds. The van der Waals surface area contributed by atoms with Gasteiger partial charge < -0.3 is 4.74 Å². The molecule has 1 heterocycles. The van der Waals surface area contributed by atoms with Gasteiger partial charge >= 0.3 is 5.97 Å². The number of ether oxygens (including phenoxy) is 1. The maximum absolute atomic E-state index is 11.5. The molecular formula is C15H21NO2. The highest BCUT2D eigenvalue weighted by Gasteiger charge is 2.30. The van der Waals surface area contributed by atoms with Crippen LogP contribution in [0.25, 0.3) is 0 Å². The second-order valence-corrected chi connectivity index (χ2v) is 5.05. The second kappa shape index (κ2) is 6.01. The highest BCUT2D eigenvalue weighted by atomic mass is 16.5. The van der Waals surface area contributed by atoms with Crippen molar-refractivity contribution in [3.8, 4) is 0 Å². The third kappa shape index (κ3) is 3.10. The topological polar surface area (TPSA) is 29.5 Å². The minimum Gasteiger partial charge on any atom is -0.469 e. The van der Waals surface area contributed by atoms with E-state index < -0.39 is 0 Å². The first-order valence-corrected chi connectivity index (χ1v) is 6.56. The van der Waals surface area contributed by atoms with Gasteiger partial charge in [0.2, 0.25) is 0 Å². The van der Waals surface area contributed by atoms with Gasteiger partial charge in [0.15, 0.2) is 0 Å². The summed E-state index contributed by atoms with van der Waals surface area (Å²) < 4.78 is 4.83. The van der Waals surface area contributed by atoms with Gasteiger partial charge in [-0.1, -0.05) is 30.3 Å². The Morgan fingerprint density at radius 2 is 2.11 bits per heavy atom. The van der Waals surface area contributed by atoms with Crippen LogP contribution in [0.3, 0.4) is 0 Å². The number of hydrogen-bond acceptors (Lipinski definition) is 3. The summed E-state index contributed by atoms with van der Waals surface area (Å²) in [7, 11) is 1.48. The molecule has 1 fully saturated rings. The third-order valence-corrected chi connectivity index (χ3v) is 3.78. The SMILES string of the molecule is COC(=O)C1CCN(Cc2ccccc2)C(C)C1. The van der Waals surface area contributed by atoms with Crippen molar-refractivity contribution in [2.75, 3.05) is 13.7 Å². The molecule has 1 aliphatic rings. The van der Waals surface area contributed by atoms with E-state index in [4.69, 9.17) is 4.74 Å². The Balaban J connectivity index is 1.92. The molecule has 3 nitrogen and oxygen atoms in total. The number of carbonyl (C=O) groups excluding carboxylic acids is 1. The van der Waals surface area contributed by atoms with E-state index in [0.717, 1.165) is 25.9 Å². The predicted octanol–water partition coefficient (Wildman–Crippen LogP) is 2.46. The number of carbonyl (C=O) groups is 1. The minimum atomic E-state index is -0.0544. The molecule has 2 atom stereocenters. The van der Waals surface area contributed by atoms with Crippen LogP contribution in [0.5, 0.6) is 0 Å². The lowest BCUT2D eigenvalue weighted by atomic mass is 9.91. The van der Waals surface area contributed by atoms with Crippen molar-refractivity contribution in [2.24, 2.45) is 5.92 Å². The van der Waals surface area contributed by atoms with E-state index >= 15 is 0 Å². The van der Waals surface area contributed by atoms with Gasteiger partial charge in [-0.3, -0.25) is 9.69 Å². The molecule has 1 aromatic rings. The maximum atomic E-state index is 11.5. The van der Waals surface area contributed by atoms with Crippen LogP contribution in [0.2, 0.25) is 0 Å². The summed E-state index contributed by atoms with van der Waals surface area (Å²) in [6.07, 6.45) is 1.81. The van der Waals surface area contributed by atoms with Gasteiger partial charge in [-0.2, -0.15) is 0 Å². The lowest BCUT2D eigenvalue weighted by Gasteiger charge is -2.36. The number of rotatable bonds is 3. The highest BCUT2D eigenvalue weighted by molar-refractivity contribution is 5.72. The van der Waals surface area contributed by atoms with Crippen LogP contribution in [0, 0.1) is 5.92 Å². The van der Waals surface area contributed by atoms with E-state index in [1.165, 1.54) is 12.7 Å². The van der Waals surface area contributed by atoms with Gasteiger partial charge in [0, 0.05) is 12.6 Å². The number of methoxy groups -OCH3 is 1. The molecule has 1 aliphatic heterocycles. The van der Waals surface area contributed by atoms with E-state index in [1.807, 2.05) is 6.07 Å². The lowest BCUT2D eigenvalue weighted by Crippen LogP contribution is -2.42. The molecule has 0 N–H and O–H groups in total. The Morgan fingerprint density at radius 1 is 1.39 bits per heavy atom. The number of hydrogen-bond donors (Lipinski definition) is 0. The number of esters is 1. The molecule has 2 rings (SSSR count). The van der Waals surface area contributed by atoms with Crippen molar-refractivity contribution in [1.82, 2.24) is 4.90 Å². The first-order chi connectivity index (χ1) is 8.70. The molecule has 2 unspecified atom stereocenters. The van der Waals surface area contributed by atoms with Crippen molar-refractivity contribution in [3.63, 3.8) is 0 Å². The minimum absolute atomic E-state index is 0.0544. The normalized spacial score (nSPS) is 24.8. The molecule has 98 valence electrons. The number of likely N-dealkylation sites (tertiary alicyclic amines) is 1. The van der Waals surface area contributed by atoms with Gasteiger partial charge in [-0.15, -0.1) is 0 Å². The van der Waals surface area contributed by atoms with E-state index in [1.54, 1.807) is 0 Å². The standard InChI is InChI=1S/C15H21NO2/c1-12-10-14(15(17)18-2)8-9-16(12)11-13-6-4-3-5-7-13/h3-7,12,14H,8-11H2,1-2H3. The number of piperidine rings is 1. The first kappa shape index (κ1) is 13.1. The third-order valence-electron chi connectivity index (χ3n) is 3.78. The van der Waals surface area contributed by atoms with Crippen LogP contribution in [0.15, 0.2) is 30.3 Å². The molecule has 1 saturated heterocycles. The molecule has 3 heteroatoms. The zero-order valence-corrected chi connectivity index (χ0v) is 11.1. The molecule has 1 aromatic carbocycles. The zero-order chi connectivity index (χ0) is 13.0. The fourth-order valence-corrected chi connectivity index (χ4v) is 2.65. The summed E-state index contributed by atoms with van der Waals surface area (Å²) in [4.78, 5) is 14.0.